The summed E-state index contributed by atoms with van der Waals surface area (Å²) in [5.41, 5.74) is 0.130. The Kier molecular flexibility index (Phi) is 12.4. The van der Waals surface area contributed by atoms with Gasteiger partial charge in [-0.2, -0.15) is 0 Å². The summed E-state index contributed by atoms with van der Waals surface area (Å²) >= 11 is 0. The van der Waals surface area contributed by atoms with E-state index in [4.69, 9.17) is 4.74 Å². The largest absolute Gasteiger partial charge is 0.466 e. The van der Waals surface area contributed by atoms with E-state index in [0.717, 1.165) is 51.4 Å². The maximum Gasteiger partial charge on any atom is 0.336 e. The lowest BCUT2D eigenvalue weighted by molar-refractivity contribution is -0.144. The second-order valence-corrected chi connectivity index (χ2v) is 7.28. The molecule has 1 atom stereocenters. The highest BCUT2D eigenvalue weighted by molar-refractivity contribution is 5.90. The average molecular weight is 411 g/mol. The van der Waals surface area contributed by atoms with Crippen molar-refractivity contribution in [2.75, 3.05) is 20.3 Å². The Morgan fingerprint density at radius 2 is 1.69 bits per heavy atom. The van der Waals surface area contributed by atoms with Crippen LogP contribution in [0.2, 0.25) is 0 Å². The SMILES string of the molecule is C=C(COC(=O)CCCCCCCCCCNC(=O)C1CCC(=O)N1)C(=O)OC. The third-order valence-corrected chi connectivity index (χ3v) is 4.80. The number of methoxy groups -OCH3 is 1. The first kappa shape index (κ1) is 24.7. The predicted octanol–water partition coefficient (Wildman–Crippen LogP) is 2.16. The molecule has 0 bridgehead atoms. The van der Waals surface area contributed by atoms with Gasteiger partial charge in [0.1, 0.15) is 12.6 Å². The molecular weight excluding hydrogens is 376 g/mol. The second kappa shape index (κ2) is 14.6. The Balaban J connectivity index is 1.85. The van der Waals surface area contributed by atoms with Gasteiger partial charge >= 0.3 is 11.9 Å². The molecule has 2 N–H and O–H groups in total. The lowest BCUT2D eigenvalue weighted by Crippen LogP contribution is -2.41. The zero-order chi connectivity index (χ0) is 21.5. The lowest BCUT2D eigenvalue weighted by atomic mass is 10.1. The molecule has 0 aromatic carbocycles. The van der Waals surface area contributed by atoms with Gasteiger partial charge in [-0.3, -0.25) is 14.4 Å². The fourth-order valence-corrected chi connectivity index (χ4v) is 3.04. The standard InChI is InChI=1S/C21H34N2O6/c1-16(21(27)28-2)15-29-19(25)11-9-7-5-3-4-6-8-10-14-22-20(26)17-12-13-18(24)23-17/h17H,1,3-15H2,2H3,(H,22,26)(H,23,24). The Labute approximate surface area is 172 Å². The molecule has 8 nitrogen and oxygen atoms in total. The van der Waals surface area contributed by atoms with Crippen LogP contribution < -0.4 is 10.6 Å². The Bertz CT molecular complexity index is 576. The summed E-state index contributed by atoms with van der Waals surface area (Å²) in [5, 5.41) is 5.54. The van der Waals surface area contributed by atoms with Crippen molar-refractivity contribution in [1.82, 2.24) is 10.6 Å². The van der Waals surface area contributed by atoms with Crippen LogP contribution in [0.1, 0.15) is 70.6 Å². The fraction of sp³-hybridized carbons (Fsp3) is 0.714. The molecule has 1 heterocycles. The maximum absolute atomic E-state index is 11.8. The Morgan fingerprint density at radius 3 is 2.28 bits per heavy atom. The van der Waals surface area contributed by atoms with E-state index in [9.17, 15) is 19.2 Å². The van der Waals surface area contributed by atoms with Crippen molar-refractivity contribution in [2.45, 2.75) is 76.7 Å². The molecule has 2 amide bonds. The van der Waals surface area contributed by atoms with Gasteiger partial charge in [0.2, 0.25) is 11.8 Å². The van der Waals surface area contributed by atoms with Crippen molar-refractivity contribution >= 4 is 23.8 Å². The number of ether oxygens (including phenoxy) is 2. The minimum Gasteiger partial charge on any atom is -0.466 e. The van der Waals surface area contributed by atoms with Crippen LogP contribution in [-0.4, -0.2) is 50.1 Å². The summed E-state index contributed by atoms with van der Waals surface area (Å²) in [7, 11) is 1.26. The first-order valence-corrected chi connectivity index (χ1v) is 10.4. The van der Waals surface area contributed by atoms with Gasteiger partial charge in [0.05, 0.1) is 12.7 Å². The molecule has 1 saturated heterocycles. The van der Waals surface area contributed by atoms with Crippen LogP contribution in [0.15, 0.2) is 12.2 Å². The minimum absolute atomic E-state index is 0.0495. The van der Waals surface area contributed by atoms with Crippen LogP contribution in [0.4, 0.5) is 0 Å². The normalized spacial score (nSPS) is 15.5. The molecule has 1 rings (SSSR count). The fourth-order valence-electron chi connectivity index (χ4n) is 3.04. The maximum atomic E-state index is 11.8. The molecule has 1 aliphatic heterocycles. The van der Waals surface area contributed by atoms with E-state index >= 15 is 0 Å². The van der Waals surface area contributed by atoms with Crippen LogP contribution in [0, 0.1) is 0 Å². The molecule has 0 aliphatic carbocycles. The summed E-state index contributed by atoms with van der Waals surface area (Å²) in [5.74, 6) is -1.02. The molecule has 1 aliphatic rings. The van der Waals surface area contributed by atoms with Crippen molar-refractivity contribution in [2.24, 2.45) is 0 Å². The summed E-state index contributed by atoms with van der Waals surface area (Å²) in [6, 6.07) is -0.355. The lowest BCUT2D eigenvalue weighted by Gasteiger charge is -2.10. The van der Waals surface area contributed by atoms with Crippen molar-refractivity contribution in [1.29, 1.82) is 0 Å². The third-order valence-electron chi connectivity index (χ3n) is 4.80. The molecule has 0 spiro atoms. The number of esters is 2. The second-order valence-electron chi connectivity index (χ2n) is 7.28. The molecule has 0 aromatic heterocycles. The van der Waals surface area contributed by atoms with Gasteiger partial charge in [-0.25, -0.2) is 4.79 Å². The van der Waals surface area contributed by atoms with Crippen LogP contribution in [-0.2, 0) is 28.7 Å². The van der Waals surface area contributed by atoms with Gasteiger partial charge in [-0.05, 0) is 19.3 Å². The highest BCUT2D eigenvalue weighted by Gasteiger charge is 2.26. The van der Waals surface area contributed by atoms with E-state index < -0.39 is 5.97 Å². The highest BCUT2D eigenvalue weighted by atomic mass is 16.5. The topological polar surface area (TPSA) is 111 Å². The summed E-state index contributed by atoms with van der Waals surface area (Å²) in [6.07, 6.45) is 9.55. The van der Waals surface area contributed by atoms with Gasteiger partial charge in [0, 0.05) is 19.4 Å². The zero-order valence-corrected chi connectivity index (χ0v) is 17.4. The van der Waals surface area contributed by atoms with E-state index in [-0.39, 0.29) is 36.0 Å². The van der Waals surface area contributed by atoms with E-state index in [0.29, 0.717) is 25.8 Å². The van der Waals surface area contributed by atoms with Crippen LogP contribution in [0.5, 0.6) is 0 Å². The zero-order valence-electron chi connectivity index (χ0n) is 17.4. The summed E-state index contributed by atoms with van der Waals surface area (Å²) in [6.45, 7) is 4.02. The van der Waals surface area contributed by atoms with E-state index in [1.807, 2.05) is 0 Å². The van der Waals surface area contributed by atoms with Gasteiger partial charge in [-0.1, -0.05) is 45.1 Å². The van der Waals surface area contributed by atoms with Crippen molar-refractivity contribution in [3.8, 4) is 0 Å². The molecule has 0 aromatic rings. The first-order valence-electron chi connectivity index (χ1n) is 10.4. The first-order chi connectivity index (χ1) is 13.9. The summed E-state index contributed by atoms with van der Waals surface area (Å²) in [4.78, 5) is 45.6. The van der Waals surface area contributed by atoms with Crippen LogP contribution in [0.3, 0.4) is 0 Å². The molecule has 0 saturated carbocycles. The molecule has 1 unspecified atom stereocenters. The summed E-state index contributed by atoms with van der Waals surface area (Å²) < 4.78 is 9.46. The number of carbonyl (C=O) groups is 4. The number of hydrogen-bond donors (Lipinski definition) is 2. The van der Waals surface area contributed by atoms with Crippen molar-refractivity contribution < 1.29 is 28.7 Å². The number of carbonyl (C=O) groups excluding carboxylic acids is 4. The monoisotopic (exact) mass is 410 g/mol. The van der Waals surface area contributed by atoms with Crippen LogP contribution >= 0.6 is 0 Å². The van der Waals surface area contributed by atoms with Crippen LogP contribution in [0.25, 0.3) is 0 Å². The minimum atomic E-state index is -0.567. The smallest absolute Gasteiger partial charge is 0.336 e. The van der Waals surface area contributed by atoms with Gasteiger partial charge in [0.15, 0.2) is 0 Å². The predicted molar refractivity (Wildman–Crippen MR) is 108 cm³/mol. The Morgan fingerprint density at radius 1 is 1.07 bits per heavy atom. The average Bonchev–Trinajstić information content (AvgIpc) is 3.15. The van der Waals surface area contributed by atoms with Gasteiger partial charge < -0.3 is 20.1 Å². The van der Waals surface area contributed by atoms with E-state index in [2.05, 4.69) is 21.9 Å². The van der Waals surface area contributed by atoms with Crippen molar-refractivity contribution in [3.05, 3.63) is 12.2 Å². The van der Waals surface area contributed by atoms with Gasteiger partial charge in [0.25, 0.3) is 0 Å². The van der Waals surface area contributed by atoms with E-state index in [1.54, 1.807) is 0 Å². The number of rotatable bonds is 15. The molecular formula is C21H34N2O6. The van der Waals surface area contributed by atoms with Gasteiger partial charge in [-0.15, -0.1) is 0 Å². The van der Waals surface area contributed by atoms with Crippen molar-refractivity contribution in [3.63, 3.8) is 0 Å². The number of unbranched alkanes of at least 4 members (excludes halogenated alkanes) is 7. The Hall–Kier alpha value is -2.38. The number of amides is 2. The highest BCUT2D eigenvalue weighted by Crippen LogP contribution is 2.11. The molecule has 29 heavy (non-hydrogen) atoms. The quantitative estimate of drug-likeness (QED) is 0.243. The molecule has 1 fully saturated rings. The molecule has 0 radical (unpaired) electrons. The number of hydrogen-bond acceptors (Lipinski definition) is 6. The molecule has 164 valence electrons. The third kappa shape index (κ3) is 11.3. The number of nitrogens with one attached hydrogen (secondary N) is 2. The molecule has 8 heteroatoms. The van der Waals surface area contributed by atoms with E-state index in [1.165, 1.54) is 7.11 Å².